The molecule has 0 bridgehead atoms. The van der Waals surface area contributed by atoms with Gasteiger partial charge in [-0.1, -0.05) is 6.92 Å². The van der Waals surface area contributed by atoms with Crippen LogP contribution in [-0.2, 0) is 14.3 Å². The summed E-state index contributed by atoms with van der Waals surface area (Å²) in [7, 11) is 0. The largest absolute Gasteiger partial charge is 0.464 e. The molecule has 2 heterocycles. The van der Waals surface area contributed by atoms with Gasteiger partial charge in [-0.2, -0.15) is 0 Å². The number of piperidine rings is 2. The van der Waals surface area contributed by atoms with E-state index < -0.39 is 0 Å². The van der Waals surface area contributed by atoms with E-state index in [-0.39, 0.29) is 24.0 Å². The number of rotatable bonds is 2. The van der Waals surface area contributed by atoms with E-state index in [9.17, 15) is 9.59 Å². The van der Waals surface area contributed by atoms with Crippen LogP contribution in [0.4, 0.5) is 0 Å². The number of nitrogens with zero attached hydrogens (tertiary/aromatic N) is 1. The first-order valence-corrected chi connectivity index (χ1v) is 5.62. The van der Waals surface area contributed by atoms with Crippen molar-refractivity contribution >= 4 is 12.4 Å². The van der Waals surface area contributed by atoms with Gasteiger partial charge >= 0.3 is 0 Å². The Hall–Kier alpha value is -1.06. The zero-order chi connectivity index (χ0) is 10.8. The van der Waals surface area contributed by atoms with Crippen LogP contribution >= 0.6 is 0 Å². The van der Waals surface area contributed by atoms with Crippen molar-refractivity contribution in [1.82, 2.24) is 4.90 Å². The fourth-order valence-electron chi connectivity index (χ4n) is 2.82. The molecule has 15 heavy (non-hydrogen) atoms. The summed E-state index contributed by atoms with van der Waals surface area (Å²) in [6.07, 6.45) is 3.48. The van der Waals surface area contributed by atoms with Gasteiger partial charge in [0.1, 0.15) is 6.10 Å². The highest BCUT2D eigenvalue weighted by Crippen LogP contribution is 2.32. The second kappa shape index (κ2) is 4.21. The molecule has 2 aliphatic rings. The van der Waals surface area contributed by atoms with Crippen molar-refractivity contribution in [2.75, 3.05) is 6.54 Å². The van der Waals surface area contributed by atoms with Crippen molar-refractivity contribution in [3.8, 4) is 0 Å². The molecule has 0 saturated carbocycles. The lowest BCUT2D eigenvalue weighted by atomic mass is 9.82. The van der Waals surface area contributed by atoms with Crippen molar-refractivity contribution in [3.05, 3.63) is 0 Å². The van der Waals surface area contributed by atoms with Gasteiger partial charge in [0.25, 0.3) is 6.47 Å². The van der Waals surface area contributed by atoms with Crippen LogP contribution in [0.5, 0.6) is 0 Å². The van der Waals surface area contributed by atoms with E-state index in [1.165, 1.54) is 0 Å². The molecule has 3 unspecified atom stereocenters. The Morgan fingerprint density at radius 1 is 1.47 bits per heavy atom. The number of hydrogen-bond donors (Lipinski definition) is 0. The summed E-state index contributed by atoms with van der Waals surface area (Å²) in [4.78, 5) is 24.0. The second-order valence-electron chi connectivity index (χ2n) is 4.47. The monoisotopic (exact) mass is 211 g/mol. The van der Waals surface area contributed by atoms with Crippen molar-refractivity contribution < 1.29 is 14.3 Å². The minimum Gasteiger partial charge on any atom is -0.464 e. The molecule has 4 heteroatoms. The first-order chi connectivity index (χ1) is 7.24. The Bertz CT molecular complexity index is 267. The van der Waals surface area contributed by atoms with Crippen LogP contribution in [0.2, 0.25) is 0 Å². The average Bonchev–Trinajstić information content (AvgIpc) is 2.23. The van der Waals surface area contributed by atoms with Crippen LogP contribution in [0.3, 0.4) is 0 Å². The van der Waals surface area contributed by atoms with Gasteiger partial charge in [-0.3, -0.25) is 9.59 Å². The zero-order valence-corrected chi connectivity index (χ0v) is 9.02. The van der Waals surface area contributed by atoms with E-state index in [1.54, 1.807) is 0 Å². The van der Waals surface area contributed by atoms with E-state index in [1.807, 2.05) is 4.90 Å². The number of carbonyl (C=O) groups excluding carboxylic acids is 2. The van der Waals surface area contributed by atoms with Gasteiger partial charge in [-0.25, -0.2) is 0 Å². The Morgan fingerprint density at radius 2 is 2.27 bits per heavy atom. The first-order valence-electron chi connectivity index (χ1n) is 5.62. The van der Waals surface area contributed by atoms with Gasteiger partial charge < -0.3 is 9.64 Å². The van der Waals surface area contributed by atoms with E-state index >= 15 is 0 Å². The second-order valence-corrected chi connectivity index (χ2v) is 4.47. The highest BCUT2D eigenvalue weighted by Gasteiger charge is 2.40. The van der Waals surface area contributed by atoms with Gasteiger partial charge in [-0.05, 0) is 12.8 Å². The standard InChI is InChI=1S/C11H17NO3/c1-8-9-3-2-4-11(14)12(9)6-5-10(8)15-7-13/h7-10H,2-6H2,1H3. The predicted molar refractivity (Wildman–Crippen MR) is 54.1 cm³/mol. The van der Waals surface area contributed by atoms with Crippen LogP contribution in [0.25, 0.3) is 0 Å². The minimum atomic E-state index is -0.00495. The number of hydrogen-bond acceptors (Lipinski definition) is 3. The average molecular weight is 211 g/mol. The van der Waals surface area contributed by atoms with Crippen molar-refractivity contribution in [2.45, 2.75) is 44.8 Å². The number of carbonyl (C=O) groups is 2. The lowest BCUT2D eigenvalue weighted by Gasteiger charge is -2.45. The molecule has 2 aliphatic heterocycles. The number of amides is 1. The van der Waals surface area contributed by atoms with Gasteiger partial charge in [0.15, 0.2) is 0 Å². The molecule has 0 radical (unpaired) electrons. The van der Waals surface area contributed by atoms with Crippen LogP contribution < -0.4 is 0 Å². The molecular weight excluding hydrogens is 194 g/mol. The molecule has 0 spiro atoms. The van der Waals surface area contributed by atoms with E-state index in [0.717, 1.165) is 25.8 Å². The maximum Gasteiger partial charge on any atom is 0.293 e. The smallest absolute Gasteiger partial charge is 0.293 e. The SMILES string of the molecule is CC1C(OC=O)CCN2C(=O)CCCC12. The van der Waals surface area contributed by atoms with Crippen LogP contribution in [0, 0.1) is 5.92 Å². The lowest BCUT2D eigenvalue weighted by Crippen LogP contribution is -2.55. The molecule has 84 valence electrons. The third-order valence-corrected chi connectivity index (χ3v) is 3.69. The van der Waals surface area contributed by atoms with Gasteiger partial charge in [-0.15, -0.1) is 0 Å². The number of ether oxygens (including phenoxy) is 1. The third kappa shape index (κ3) is 1.85. The van der Waals surface area contributed by atoms with Crippen molar-refractivity contribution in [1.29, 1.82) is 0 Å². The zero-order valence-electron chi connectivity index (χ0n) is 9.02. The fourth-order valence-corrected chi connectivity index (χ4v) is 2.82. The fraction of sp³-hybridized carbons (Fsp3) is 0.818. The number of fused-ring (bicyclic) bond motifs is 1. The van der Waals surface area contributed by atoms with Gasteiger partial charge in [0.05, 0.1) is 0 Å². The summed E-state index contributed by atoms with van der Waals surface area (Å²) < 4.78 is 5.06. The normalized spacial score (nSPS) is 35.9. The maximum atomic E-state index is 11.7. The minimum absolute atomic E-state index is 0.00495. The summed E-state index contributed by atoms with van der Waals surface area (Å²) in [6.45, 7) is 3.34. The molecule has 2 fully saturated rings. The summed E-state index contributed by atoms with van der Waals surface area (Å²) in [5.74, 6) is 0.538. The van der Waals surface area contributed by atoms with Crippen molar-refractivity contribution in [2.24, 2.45) is 5.92 Å². The molecule has 4 nitrogen and oxygen atoms in total. The molecule has 2 saturated heterocycles. The first kappa shape index (κ1) is 10.5. The summed E-state index contributed by atoms with van der Waals surface area (Å²) in [6, 6.07) is 0.282. The molecule has 0 aliphatic carbocycles. The molecule has 3 atom stereocenters. The Morgan fingerprint density at radius 3 is 3.00 bits per heavy atom. The van der Waals surface area contributed by atoms with Crippen LogP contribution in [0.1, 0.15) is 32.6 Å². The van der Waals surface area contributed by atoms with Crippen LogP contribution in [0.15, 0.2) is 0 Å². The maximum absolute atomic E-state index is 11.7. The highest BCUT2D eigenvalue weighted by atomic mass is 16.5. The van der Waals surface area contributed by atoms with Crippen LogP contribution in [-0.4, -0.2) is 36.0 Å². The Kier molecular flexibility index (Phi) is 2.93. The van der Waals surface area contributed by atoms with Crippen molar-refractivity contribution in [3.63, 3.8) is 0 Å². The molecule has 0 aromatic heterocycles. The summed E-state index contributed by atoms with van der Waals surface area (Å²) >= 11 is 0. The van der Waals surface area contributed by atoms with E-state index in [4.69, 9.17) is 4.74 Å². The molecule has 0 aromatic carbocycles. The Labute approximate surface area is 89.6 Å². The third-order valence-electron chi connectivity index (χ3n) is 3.69. The summed E-state index contributed by atoms with van der Waals surface area (Å²) in [5, 5.41) is 0. The molecule has 1 amide bonds. The molecule has 0 aromatic rings. The van der Waals surface area contributed by atoms with E-state index in [0.29, 0.717) is 12.9 Å². The van der Waals surface area contributed by atoms with Gasteiger partial charge in [0, 0.05) is 31.3 Å². The molecular formula is C11H17NO3. The molecule has 0 N–H and O–H groups in total. The molecule has 2 rings (SSSR count). The van der Waals surface area contributed by atoms with E-state index in [2.05, 4.69) is 6.92 Å². The predicted octanol–water partition coefficient (Wildman–Crippen LogP) is 0.949. The quantitative estimate of drug-likeness (QED) is 0.639. The lowest BCUT2D eigenvalue weighted by molar-refractivity contribution is -0.150. The summed E-state index contributed by atoms with van der Waals surface area (Å²) in [5.41, 5.74) is 0. The Balaban J connectivity index is 2.07. The topological polar surface area (TPSA) is 46.6 Å². The van der Waals surface area contributed by atoms with Gasteiger partial charge in [0.2, 0.25) is 5.91 Å². The highest BCUT2D eigenvalue weighted by molar-refractivity contribution is 5.77.